The lowest BCUT2D eigenvalue weighted by Gasteiger charge is -1.90. The SMILES string of the molecule is CCSCc1nc(C(=O)O)c(C(C)=O)s1. The summed E-state index contributed by atoms with van der Waals surface area (Å²) in [5.74, 6) is 0.230. The molecule has 1 aromatic rings. The summed E-state index contributed by atoms with van der Waals surface area (Å²) in [5.41, 5.74) is -0.112. The quantitative estimate of drug-likeness (QED) is 0.806. The number of carbonyl (C=O) groups is 2. The molecule has 4 nitrogen and oxygen atoms in total. The van der Waals surface area contributed by atoms with Crippen molar-refractivity contribution in [2.75, 3.05) is 5.75 Å². The average Bonchev–Trinajstić information content (AvgIpc) is 2.58. The maximum atomic E-state index is 11.2. The molecule has 0 saturated carbocycles. The number of carboxylic acid groups (broad SMARTS) is 1. The minimum absolute atomic E-state index is 0.112. The molecule has 0 saturated heterocycles. The molecule has 15 heavy (non-hydrogen) atoms. The summed E-state index contributed by atoms with van der Waals surface area (Å²) < 4.78 is 0. The topological polar surface area (TPSA) is 67.3 Å². The predicted molar refractivity (Wildman–Crippen MR) is 60.9 cm³/mol. The van der Waals surface area contributed by atoms with Crippen molar-refractivity contribution in [2.45, 2.75) is 19.6 Å². The first-order valence-corrected chi connectivity index (χ1v) is 6.35. The van der Waals surface area contributed by atoms with Crippen LogP contribution >= 0.6 is 23.1 Å². The van der Waals surface area contributed by atoms with E-state index in [4.69, 9.17) is 5.11 Å². The number of aromatic nitrogens is 1. The van der Waals surface area contributed by atoms with Gasteiger partial charge in [-0.1, -0.05) is 6.92 Å². The Labute approximate surface area is 95.7 Å². The van der Waals surface area contributed by atoms with Crippen LogP contribution in [0.3, 0.4) is 0 Å². The van der Waals surface area contributed by atoms with E-state index >= 15 is 0 Å². The predicted octanol–water partition coefficient (Wildman–Crippen LogP) is 2.30. The zero-order valence-electron chi connectivity index (χ0n) is 8.44. The van der Waals surface area contributed by atoms with E-state index in [1.165, 1.54) is 18.3 Å². The van der Waals surface area contributed by atoms with Crippen LogP contribution in [0.15, 0.2) is 0 Å². The molecule has 0 aliphatic rings. The number of rotatable bonds is 5. The zero-order chi connectivity index (χ0) is 11.4. The third kappa shape index (κ3) is 3.04. The van der Waals surface area contributed by atoms with Gasteiger partial charge < -0.3 is 5.11 Å². The number of nitrogens with zero attached hydrogens (tertiary/aromatic N) is 1. The molecule has 0 amide bonds. The first kappa shape index (κ1) is 12.2. The maximum Gasteiger partial charge on any atom is 0.356 e. The lowest BCUT2D eigenvalue weighted by molar-refractivity contribution is 0.0687. The normalized spacial score (nSPS) is 10.3. The summed E-state index contributed by atoms with van der Waals surface area (Å²) in [6.45, 7) is 3.37. The second-order valence-electron chi connectivity index (χ2n) is 2.78. The van der Waals surface area contributed by atoms with E-state index in [-0.39, 0.29) is 16.4 Å². The minimum atomic E-state index is -1.14. The van der Waals surface area contributed by atoms with Crippen LogP contribution in [0.2, 0.25) is 0 Å². The van der Waals surface area contributed by atoms with Gasteiger partial charge in [-0.15, -0.1) is 11.3 Å². The molecule has 0 aliphatic heterocycles. The summed E-state index contributed by atoms with van der Waals surface area (Å²) in [4.78, 5) is 26.1. The summed E-state index contributed by atoms with van der Waals surface area (Å²) in [7, 11) is 0. The van der Waals surface area contributed by atoms with E-state index in [1.54, 1.807) is 11.8 Å². The van der Waals surface area contributed by atoms with Crippen LogP contribution in [0.5, 0.6) is 0 Å². The van der Waals surface area contributed by atoms with E-state index in [2.05, 4.69) is 4.98 Å². The number of hydrogen-bond acceptors (Lipinski definition) is 5. The van der Waals surface area contributed by atoms with Crippen LogP contribution in [0.1, 0.15) is 39.0 Å². The Balaban J connectivity index is 2.98. The fourth-order valence-corrected chi connectivity index (χ4v) is 2.67. The summed E-state index contributed by atoms with van der Waals surface area (Å²) >= 11 is 2.82. The van der Waals surface area contributed by atoms with Crippen LogP contribution in [0, 0.1) is 0 Å². The summed E-state index contributed by atoms with van der Waals surface area (Å²) in [5, 5.41) is 9.54. The van der Waals surface area contributed by atoms with Gasteiger partial charge in [-0.2, -0.15) is 11.8 Å². The van der Waals surface area contributed by atoms with Crippen LogP contribution in [-0.4, -0.2) is 27.6 Å². The molecule has 1 aromatic heterocycles. The van der Waals surface area contributed by atoms with Gasteiger partial charge in [-0.3, -0.25) is 4.79 Å². The molecule has 0 aliphatic carbocycles. The largest absolute Gasteiger partial charge is 0.476 e. The molecule has 6 heteroatoms. The molecule has 0 unspecified atom stereocenters. The highest BCUT2D eigenvalue weighted by Gasteiger charge is 2.19. The van der Waals surface area contributed by atoms with Crippen LogP contribution < -0.4 is 0 Å². The molecular formula is C9H11NO3S2. The van der Waals surface area contributed by atoms with Gasteiger partial charge in [0, 0.05) is 12.7 Å². The molecule has 1 rings (SSSR count). The van der Waals surface area contributed by atoms with Crippen LogP contribution in [0.25, 0.3) is 0 Å². The van der Waals surface area contributed by atoms with Gasteiger partial charge in [0.2, 0.25) is 0 Å². The molecule has 1 N–H and O–H groups in total. The Bertz CT molecular complexity index is 355. The van der Waals surface area contributed by atoms with Crippen molar-refractivity contribution < 1.29 is 14.7 Å². The highest BCUT2D eigenvalue weighted by atomic mass is 32.2. The highest BCUT2D eigenvalue weighted by molar-refractivity contribution is 7.98. The van der Waals surface area contributed by atoms with Crippen molar-refractivity contribution in [3.8, 4) is 0 Å². The monoisotopic (exact) mass is 245 g/mol. The lowest BCUT2D eigenvalue weighted by atomic mass is 10.3. The number of hydrogen-bond donors (Lipinski definition) is 1. The number of aromatic carboxylic acids is 1. The Kier molecular flexibility index (Phi) is 4.28. The standard InChI is InChI=1S/C9H11NO3S2/c1-3-14-4-6-10-7(9(12)13)8(15-6)5(2)11/h3-4H2,1-2H3,(H,12,13). The fourth-order valence-electron chi connectivity index (χ4n) is 0.999. The number of ketones is 1. The number of thiazole rings is 1. The van der Waals surface area contributed by atoms with E-state index in [9.17, 15) is 9.59 Å². The van der Waals surface area contributed by atoms with Crippen molar-refractivity contribution in [3.63, 3.8) is 0 Å². The summed E-state index contributed by atoms with van der Waals surface area (Å²) in [6.07, 6.45) is 0. The van der Waals surface area contributed by atoms with Gasteiger partial charge in [0.25, 0.3) is 0 Å². The molecule has 0 radical (unpaired) electrons. The minimum Gasteiger partial charge on any atom is -0.476 e. The van der Waals surface area contributed by atoms with Gasteiger partial charge >= 0.3 is 5.97 Å². The Morgan fingerprint density at radius 2 is 2.20 bits per heavy atom. The van der Waals surface area contributed by atoms with Gasteiger partial charge in [-0.25, -0.2) is 9.78 Å². The van der Waals surface area contributed by atoms with Crippen LogP contribution in [0.4, 0.5) is 0 Å². The van der Waals surface area contributed by atoms with Gasteiger partial charge in [0.05, 0.1) is 0 Å². The fraction of sp³-hybridized carbons (Fsp3) is 0.444. The molecule has 0 atom stereocenters. The van der Waals surface area contributed by atoms with Crippen molar-refractivity contribution in [1.82, 2.24) is 4.98 Å². The molecule has 0 aromatic carbocycles. The Morgan fingerprint density at radius 1 is 1.53 bits per heavy atom. The Hall–Kier alpha value is -0.880. The number of thioether (sulfide) groups is 1. The van der Waals surface area contributed by atoms with Crippen molar-refractivity contribution >= 4 is 34.9 Å². The van der Waals surface area contributed by atoms with Gasteiger partial charge in [-0.05, 0) is 5.75 Å². The maximum absolute atomic E-state index is 11.2. The molecule has 82 valence electrons. The van der Waals surface area contributed by atoms with E-state index in [1.807, 2.05) is 6.92 Å². The Morgan fingerprint density at radius 3 is 2.60 bits per heavy atom. The van der Waals surface area contributed by atoms with Crippen molar-refractivity contribution in [2.24, 2.45) is 0 Å². The molecular weight excluding hydrogens is 234 g/mol. The third-order valence-electron chi connectivity index (χ3n) is 1.62. The second kappa shape index (κ2) is 5.27. The summed E-state index contributed by atoms with van der Waals surface area (Å²) in [6, 6.07) is 0. The smallest absolute Gasteiger partial charge is 0.356 e. The molecule has 0 bridgehead atoms. The molecule has 1 heterocycles. The first-order chi connectivity index (χ1) is 7.06. The van der Waals surface area contributed by atoms with Gasteiger partial charge in [0.15, 0.2) is 11.5 Å². The second-order valence-corrected chi connectivity index (χ2v) is 5.14. The zero-order valence-corrected chi connectivity index (χ0v) is 10.1. The van der Waals surface area contributed by atoms with Crippen LogP contribution in [-0.2, 0) is 5.75 Å². The average molecular weight is 245 g/mol. The number of Topliss-reactive ketones (excluding diaryl/α,β-unsaturated/α-hetero) is 1. The van der Waals surface area contributed by atoms with E-state index < -0.39 is 5.97 Å². The highest BCUT2D eigenvalue weighted by Crippen LogP contribution is 2.23. The lowest BCUT2D eigenvalue weighted by Crippen LogP contribution is -2.03. The molecule has 0 fully saturated rings. The number of carbonyl (C=O) groups excluding carboxylic acids is 1. The van der Waals surface area contributed by atoms with Crippen molar-refractivity contribution in [1.29, 1.82) is 0 Å². The number of carboxylic acids is 1. The first-order valence-electron chi connectivity index (χ1n) is 4.38. The van der Waals surface area contributed by atoms with Gasteiger partial charge in [0.1, 0.15) is 9.88 Å². The third-order valence-corrected chi connectivity index (χ3v) is 3.85. The van der Waals surface area contributed by atoms with E-state index in [0.29, 0.717) is 10.8 Å². The molecule has 0 spiro atoms. The van der Waals surface area contributed by atoms with E-state index in [0.717, 1.165) is 5.75 Å². The van der Waals surface area contributed by atoms with Crippen molar-refractivity contribution in [3.05, 3.63) is 15.6 Å².